The molecule has 0 aromatic rings. The van der Waals surface area contributed by atoms with Crippen molar-refractivity contribution >= 4 is 19.8 Å². The normalized spacial score (nSPS) is 14.0. The third-order valence-corrected chi connectivity index (χ3v) is 9.92. The number of allylic oxidation sites excluding steroid dienone is 12. The highest BCUT2D eigenvalue weighted by molar-refractivity contribution is 7.47. The van der Waals surface area contributed by atoms with Crippen LogP contribution in [0, 0.1) is 0 Å². The molecule has 2 atom stereocenters. The van der Waals surface area contributed by atoms with E-state index in [9.17, 15) is 19.0 Å². The maximum absolute atomic E-state index is 12.5. The summed E-state index contributed by atoms with van der Waals surface area (Å²) in [6, 6.07) is 0. The minimum atomic E-state index is -4.28. The monoisotopic (exact) mass is 791 g/mol. The number of carbonyl (C=O) groups excluding carboxylic acids is 2. The zero-order valence-electron chi connectivity index (χ0n) is 35.1. The van der Waals surface area contributed by atoms with E-state index in [2.05, 4.69) is 79.1 Å². The van der Waals surface area contributed by atoms with E-state index in [-0.39, 0.29) is 25.4 Å². The Labute approximate surface area is 336 Å². The summed E-state index contributed by atoms with van der Waals surface area (Å²) in [4.78, 5) is 34.4. The van der Waals surface area contributed by atoms with Gasteiger partial charge in [0.05, 0.1) is 6.61 Å². The van der Waals surface area contributed by atoms with Gasteiger partial charge in [0.15, 0.2) is 6.10 Å². The molecule has 1 N–H and O–H groups in total. The lowest BCUT2D eigenvalue weighted by Gasteiger charge is -2.19. The predicted molar refractivity (Wildman–Crippen MR) is 230 cm³/mol. The average molecular weight is 791 g/mol. The highest BCUT2D eigenvalue weighted by Gasteiger charge is 2.24. The van der Waals surface area contributed by atoms with Crippen LogP contribution in [-0.4, -0.2) is 43.3 Å². The van der Waals surface area contributed by atoms with E-state index in [4.69, 9.17) is 14.0 Å². The van der Waals surface area contributed by atoms with Gasteiger partial charge in [-0.05, 0) is 51.4 Å². The second-order valence-electron chi connectivity index (χ2n) is 14.1. The van der Waals surface area contributed by atoms with Crippen LogP contribution in [0.4, 0.5) is 0 Å². The number of phosphoric acid groups is 1. The lowest BCUT2D eigenvalue weighted by atomic mass is 10.0. The van der Waals surface area contributed by atoms with Crippen LogP contribution in [0.3, 0.4) is 0 Å². The number of ether oxygens (including phenoxy) is 2. The van der Waals surface area contributed by atoms with Gasteiger partial charge >= 0.3 is 19.8 Å². The number of hydrogen-bond acceptors (Lipinski definition) is 7. The first-order valence-electron chi connectivity index (χ1n) is 21.6. The smallest absolute Gasteiger partial charge is 0.462 e. The van der Waals surface area contributed by atoms with Gasteiger partial charge < -0.3 is 14.4 Å². The number of rotatable bonds is 39. The fourth-order valence-electron chi connectivity index (χ4n) is 5.68. The molecule has 0 spiro atoms. The Bertz CT molecular complexity index is 1120. The van der Waals surface area contributed by atoms with Gasteiger partial charge in [-0.25, -0.2) is 4.57 Å². The van der Waals surface area contributed by atoms with Gasteiger partial charge in [0.25, 0.3) is 0 Å². The Hall–Kier alpha value is -2.51. The first-order valence-corrected chi connectivity index (χ1v) is 23.1. The Morgan fingerprint density at radius 2 is 0.927 bits per heavy atom. The molecule has 0 aliphatic rings. The number of phosphoric ester groups is 1. The third kappa shape index (κ3) is 41.0. The summed E-state index contributed by atoms with van der Waals surface area (Å²) in [5, 5.41) is 0. The van der Waals surface area contributed by atoms with Crippen LogP contribution >= 0.6 is 7.82 Å². The first-order chi connectivity index (χ1) is 26.8. The van der Waals surface area contributed by atoms with E-state index >= 15 is 0 Å². The van der Waals surface area contributed by atoms with Crippen LogP contribution in [0.5, 0.6) is 0 Å². The molecule has 0 saturated carbocycles. The zero-order valence-corrected chi connectivity index (χ0v) is 36.0. The molecule has 0 rings (SSSR count). The zero-order chi connectivity index (χ0) is 40.3. The maximum Gasteiger partial charge on any atom is 0.472 e. The van der Waals surface area contributed by atoms with Gasteiger partial charge in [-0.2, -0.15) is 0 Å². The van der Waals surface area contributed by atoms with Crippen molar-refractivity contribution in [2.45, 2.75) is 187 Å². The Morgan fingerprint density at radius 3 is 1.35 bits per heavy atom. The van der Waals surface area contributed by atoms with Crippen LogP contribution in [0.15, 0.2) is 72.9 Å². The third-order valence-electron chi connectivity index (χ3n) is 8.98. The maximum atomic E-state index is 12.5. The van der Waals surface area contributed by atoms with E-state index in [0.29, 0.717) is 6.42 Å². The summed E-state index contributed by atoms with van der Waals surface area (Å²) in [5.74, 6) is -0.901. The molecule has 0 aliphatic carbocycles. The Balaban J connectivity index is 4.12. The predicted octanol–water partition coefficient (Wildman–Crippen LogP) is 13.7. The fraction of sp³-hybridized carbons (Fsp3) is 0.696. The van der Waals surface area contributed by atoms with Gasteiger partial charge in [0.1, 0.15) is 6.61 Å². The Morgan fingerprint density at radius 1 is 0.527 bits per heavy atom. The van der Waals surface area contributed by atoms with Gasteiger partial charge in [0.2, 0.25) is 0 Å². The summed E-state index contributed by atoms with van der Waals surface area (Å²) in [6.45, 7) is 3.72. The van der Waals surface area contributed by atoms with Crippen LogP contribution in [0.1, 0.15) is 181 Å². The second-order valence-corrected chi connectivity index (χ2v) is 15.7. The summed E-state index contributed by atoms with van der Waals surface area (Å²) < 4.78 is 31.9. The molecule has 2 unspecified atom stereocenters. The average Bonchev–Trinajstić information content (AvgIpc) is 3.18. The number of esters is 2. The van der Waals surface area contributed by atoms with E-state index < -0.39 is 26.5 Å². The van der Waals surface area contributed by atoms with Crippen molar-refractivity contribution in [3.05, 3.63) is 72.9 Å². The van der Waals surface area contributed by atoms with Gasteiger partial charge in [-0.3, -0.25) is 18.6 Å². The quantitative estimate of drug-likeness (QED) is 0.0284. The molecule has 0 saturated heterocycles. The van der Waals surface area contributed by atoms with E-state index in [1.165, 1.54) is 89.9 Å². The molecule has 55 heavy (non-hydrogen) atoms. The molecule has 0 amide bonds. The SMILES string of the molecule is CC/C=C\C/C=C\C/C=C\C/C=C\C/C=C\C/C=C\CCC(=O)OC(COC(=O)CCCCCCCCCCCCCCCCCCC)COP(=O)(O)OC. The molecule has 0 heterocycles. The fourth-order valence-corrected chi connectivity index (χ4v) is 6.14. The van der Waals surface area contributed by atoms with Gasteiger partial charge in [-0.15, -0.1) is 0 Å². The summed E-state index contributed by atoms with van der Waals surface area (Å²) >= 11 is 0. The first kappa shape index (κ1) is 52.5. The topological polar surface area (TPSA) is 108 Å². The van der Waals surface area contributed by atoms with Crippen LogP contribution in [-0.2, 0) is 32.7 Å². The molecule has 0 radical (unpaired) electrons. The molecule has 8 nitrogen and oxygen atoms in total. The summed E-state index contributed by atoms with van der Waals surface area (Å²) in [5.41, 5.74) is 0. The van der Waals surface area contributed by atoms with E-state index in [0.717, 1.165) is 64.9 Å². The van der Waals surface area contributed by atoms with E-state index in [1.54, 1.807) is 0 Å². The molecule has 0 fully saturated rings. The van der Waals surface area contributed by atoms with Gasteiger partial charge in [0, 0.05) is 20.0 Å². The summed E-state index contributed by atoms with van der Waals surface area (Å²) in [6.07, 6.45) is 52.5. The van der Waals surface area contributed by atoms with Crippen molar-refractivity contribution in [1.82, 2.24) is 0 Å². The molecule has 0 aliphatic heterocycles. The molecule has 0 aromatic heterocycles. The molecular weight excluding hydrogens is 711 g/mol. The number of carbonyl (C=O) groups is 2. The lowest BCUT2D eigenvalue weighted by Crippen LogP contribution is -2.29. The highest BCUT2D eigenvalue weighted by Crippen LogP contribution is 2.42. The van der Waals surface area contributed by atoms with Crippen LogP contribution in [0.25, 0.3) is 0 Å². The van der Waals surface area contributed by atoms with Crippen LogP contribution in [0.2, 0.25) is 0 Å². The Kier molecular flexibility index (Phi) is 39.3. The molecule has 0 aromatic carbocycles. The summed E-state index contributed by atoms with van der Waals surface area (Å²) in [7, 11) is -3.24. The molecule has 9 heteroatoms. The highest BCUT2D eigenvalue weighted by atomic mass is 31.2. The minimum Gasteiger partial charge on any atom is -0.462 e. The lowest BCUT2D eigenvalue weighted by molar-refractivity contribution is -0.161. The van der Waals surface area contributed by atoms with Crippen molar-refractivity contribution in [2.24, 2.45) is 0 Å². The van der Waals surface area contributed by atoms with Crippen molar-refractivity contribution in [2.75, 3.05) is 20.3 Å². The van der Waals surface area contributed by atoms with Crippen molar-refractivity contribution in [3.63, 3.8) is 0 Å². The minimum absolute atomic E-state index is 0.118. The molecule has 316 valence electrons. The van der Waals surface area contributed by atoms with Crippen molar-refractivity contribution in [1.29, 1.82) is 0 Å². The molecular formula is C46H79O8P. The molecule has 0 bridgehead atoms. The van der Waals surface area contributed by atoms with Crippen LogP contribution < -0.4 is 0 Å². The van der Waals surface area contributed by atoms with Crippen molar-refractivity contribution in [3.8, 4) is 0 Å². The largest absolute Gasteiger partial charge is 0.472 e. The number of hydrogen-bond donors (Lipinski definition) is 1. The second kappa shape index (κ2) is 41.1. The van der Waals surface area contributed by atoms with Gasteiger partial charge in [-0.1, -0.05) is 189 Å². The standard InChI is InChI=1S/C46H79O8P/c1-4-6-8-10-12-14-16-18-20-22-23-25-27-29-31-33-35-37-39-41-46(48)54-44(43-53-55(49,50)51-3)42-52-45(47)40-38-36-34-32-30-28-26-24-21-19-17-15-13-11-9-7-5-2/h6,8,12,14,18,20,23,25,29,31,35,37,44H,4-5,7,9-11,13,15-17,19,21-22,24,26-28,30,32-34,36,38-43H2,1-3H3,(H,49,50)/b8-6-,14-12-,20-18-,25-23-,31-29-,37-35-. The number of unbranched alkanes of at least 4 members (excludes halogenated alkanes) is 16. The van der Waals surface area contributed by atoms with Crippen molar-refractivity contribution < 1.29 is 37.6 Å². The van der Waals surface area contributed by atoms with E-state index in [1.807, 2.05) is 12.2 Å².